The number of aliphatic carboxylic acids is 1. The molecule has 0 saturated heterocycles. The van der Waals surface area contributed by atoms with Gasteiger partial charge >= 0.3 is 17.9 Å². The molecular weight excluding hydrogens is 654 g/mol. The molecular formula is C44H82NO7+. The van der Waals surface area contributed by atoms with Crippen LogP contribution in [0, 0.1) is 0 Å². The number of likely N-dealkylation sites (N-methyl/N-ethyl adjacent to an activating group) is 1. The maximum atomic E-state index is 12.7. The fraction of sp³-hybridized carbons (Fsp3) is 0.841. The first-order chi connectivity index (χ1) is 25.1. The molecule has 0 amide bonds. The van der Waals surface area contributed by atoms with Gasteiger partial charge in [-0.15, -0.1) is 0 Å². The predicted molar refractivity (Wildman–Crippen MR) is 215 cm³/mol. The van der Waals surface area contributed by atoms with E-state index in [-0.39, 0.29) is 36.2 Å². The second-order valence-electron chi connectivity index (χ2n) is 15.6. The zero-order valence-electron chi connectivity index (χ0n) is 34.5. The van der Waals surface area contributed by atoms with E-state index in [1.54, 1.807) is 0 Å². The molecule has 8 nitrogen and oxygen atoms in total. The van der Waals surface area contributed by atoms with Crippen LogP contribution in [0.25, 0.3) is 0 Å². The molecule has 0 aromatic heterocycles. The summed E-state index contributed by atoms with van der Waals surface area (Å²) in [6, 6.07) is -0.613. The summed E-state index contributed by atoms with van der Waals surface area (Å²) in [5.41, 5.74) is 0. The van der Waals surface area contributed by atoms with E-state index in [0.717, 1.165) is 51.4 Å². The Morgan fingerprint density at radius 1 is 0.577 bits per heavy atom. The van der Waals surface area contributed by atoms with Gasteiger partial charge in [-0.2, -0.15) is 0 Å². The number of carbonyl (C=O) groups is 3. The Balaban J connectivity index is 4.38. The third kappa shape index (κ3) is 33.6. The number of esters is 2. The van der Waals surface area contributed by atoms with E-state index in [1.165, 1.54) is 103 Å². The van der Waals surface area contributed by atoms with Gasteiger partial charge in [0.05, 0.1) is 34.4 Å². The van der Waals surface area contributed by atoms with Gasteiger partial charge in [-0.25, -0.2) is 4.79 Å². The molecule has 304 valence electrons. The van der Waals surface area contributed by atoms with Gasteiger partial charge in [0.15, 0.2) is 12.1 Å². The van der Waals surface area contributed by atoms with E-state index >= 15 is 0 Å². The van der Waals surface area contributed by atoms with E-state index in [4.69, 9.17) is 14.2 Å². The molecule has 0 heterocycles. The number of carboxylic acids is 1. The van der Waals surface area contributed by atoms with Crippen molar-refractivity contribution in [1.82, 2.24) is 0 Å². The van der Waals surface area contributed by atoms with E-state index in [0.29, 0.717) is 19.3 Å². The summed E-state index contributed by atoms with van der Waals surface area (Å²) in [7, 11) is 5.52. The highest BCUT2D eigenvalue weighted by Crippen LogP contribution is 2.15. The third-order valence-electron chi connectivity index (χ3n) is 9.63. The number of carboxylic acid groups (broad SMARTS) is 1. The number of quaternary nitrogens is 1. The summed E-state index contributed by atoms with van der Waals surface area (Å²) in [5.74, 6) is -1.47. The first-order valence-corrected chi connectivity index (χ1v) is 21.4. The number of hydrogen-bond acceptors (Lipinski definition) is 6. The predicted octanol–water partition coefficient (Wildman–Crippen LogP) is 11.3. The number of ether oxygens (including phenoxy) is 3. The number of carbonyl (C=O) groups excluding carboxylic acids is 2. The second-order valence-corrected chi connectivity index (χ2v) is 15.6. The SMILES string of the molecule is CCCCC/C=C/C=C/CCCCCCCCC(=O)OC(COCCC(C(=O)O)[N+](C)(C)C)COC(=O)CCCCCCCCCCCCCCC. The van der Waals surface area contributed by atoms with Gasteiger partial charge in [-0.1, -0.05) is 154 Å². The summed E-state index contributed by atoms with van der Waals surface area (Å²) in [6.45, 7) is 4.70. The fourth-order valence-corrected chi connectivity index (χ4v) is 6.26. The van der Waals surface area contributed by atoms with Crippen molar-refractivity contribution in [3.63, 3.8) is 0 Å². The van der Waals surface area contributed by atoms with Crippen LogP contribution in [0.5, 0.6) is 0 Å². The molecule has 52 heavy (non-hydrogen) atoms. The molecule has 0 rings (SSSR count). The highest BCUT2D eigenvalue weighted by molar-refractivity contribution is 5.72. The average molecular weight is 737 g/mol. The van der Waals surface area contributed by atoms with E-state index in [9.17, 15) is 19.5 Å². The number of allylic oxidation sites excluding steroid dienone is 4. The Hall–Kier alpha value is -2.19. The summed E-state index contributed by atoms with van der Waals surface area (Å²) in [4.78, 5) is 36.9. The quantitative estimate of drug-likeness (QED) is 0.0291. The molecule has 2 unspecified atom stereocenters. The van der Waals surface area contributed by atoms with E-state index in [1.807, 2.05) is 21.1 Å². The standard InChI is InChI=1S/C44H81NO7/c1-6-8-10-12-14-16-18-20-21-23-25-27-29-31-33-35-43(47)52-40(38-50-37-36-41(44(48)49)45(3,4)5)39-51-42(46)34-32-30-28-26-24-22-19-17-15-13-11-9-7-2/h14,16,18,20,40-41H,6-13,15,17,19,21-39H2,1-5H3/p+1/b16-14+,20-18+. The molecule has 0 aliphatic carbocycles. The van der Waals surface area contributed by atoms with Crippen LogP contribution in [-0.4, -0.2) is 80.6 Å². The molecule has 0 fully saturated rings. The number of nitrogens with zero attached hydrogens (tertiary/aromatic N) is 1. The fourth-order valence-electron chi connectivity index (χ4n) is 6.26. The maximum Gasteiger partial charge on any atom is 0.362 e. The Kier molecular flexibility index (Phi) is 34.3. The van der Waals surface area contributed by atoms with Gasteiger partial charge in [0.1, 0.15) is 6.61 Å². The van der Waals surface area contributed by atoms with Crippen LogP contribution in [-0.2, 0) is 28.6 Å². The van der Waals surface area contributed by atoms with Crippen molar-refractivity contribution in [2.24, 2.45) is 0 Å². The second kappa shape index (κ2) is 35.8. The lowest BCUT2D eigenvalue weighted by Gasteiger charge is -2.31. The van der Waals surface area contributed by atoms with Gasteiger partial charge in [0, 0.05) is 19.3 Å². The van der Waals surface area contributed by atoms with Crippen LogP contribution in [0.4, 0.5) is 0 Å². The molecule has 0 aromatic rings. The van der Waals surface area contributed by atoms with Crippen LogP contribution < -0.4 is 0 Å². The Bertz CT molecular complexity index is 911. The molecule has 0 spiro atoms. The molecule has 1 N–H and O–H groups in total. The first-order valence-electron chi connectivity index (χ1n) is 21.4. The molecule has 8 heteroatoms. The van der Waals surface area contributed by atoms with E-state index in [2.05, 4.69) is 38.2 Å². The smallest absolute Gasteiger partial charge is 0.362 e. The van der Waals surface area contributed by atoms with Crippen molar-refractivity contribution < 1.29 is 38.2 Å². The normalized spacial score (nSPS) is 13.2. The van der Waals surface area contributed by atoms with Crippen molar-refractivity contribution in [2.75, 3.05) is 41.0 Å². The first kappa shape index (κ1) is 49.8. The molecule has 0 bridgehead atoms. The van der Waals surface area contributed by atoms with E-state index < -0.39 is 18.1 Å². The van der Waals surface area contributed by atoms with Crippen molar-refractivity contribution in [2.45, 2.75) is 199 Å². The zero-order chi connectivity index (χ0) is 38.5. The minimum atomic E-state index is -0.876. The lowest BCUT2D eigenvalue weighted by Crippen LogP contribution is -2.50. The van der Waals surface area contributed by atoms with Gasteiger partial charge < -0.3 is 23.8 Å². The van der Waals surface area contributed by atoms with Crippen LogP contribution >= 0.6 is 0 Å². The van der Waals surface area contributed by atoms with Crippen molar-refractivity contribution in [3.05, 3.63) is 24.3 Å². The minimum Gasteiger partial charge on any atom is -0.477 e. The molecule has 0 saturated carbocycles. The number of unbranched alkanes of at least 4 members (excludes halogenated alkanes) is 21. The van der Waals surface area contributed by atoms with Gasteiger partial charge in [0.2, 0.25) is 0 Å². The van der Waals surface area contributed by atoms with Gasteiger partial charge in [-0.05, 0) is 38.5 Å². The summed E-state index contributed by atoms with van der Waals surface area (Å²) in [6.07, 6.45) is 37.8. The number of hydrogen-bond donors (Lipinski definition) is 1. The van der Waals surface area contributed by atoms with Gasteiger partial charge in [-0.3, -0.25) is 9.59 Å². The Morgan fingerprint density at radius 2 is 1.00 bits per heavy atom. The number of rotatable bonds is 38. The summed E-state index contributed by atoms with van der Waals surface area (Å²) < 4.78 is 17.2. The Morgan fingerprint density at radius 3 is 1.48 bits per heavy atom. The third-order valence-corrected chi connectivity index (χ3v) is 9.63. The minimum absolute atomic E-state index is 0.0518. The molecule has 0 aromatic carbocycles. The van der Waals surface area contributed by atoms with Crippen LogP contribution in [0.3, 0.4) is 0 Å². The maximum absolute atomic E-state index is 12.7. The highest BCUT2D eigenvalue weighted by atomic mass is 16.6. The molecule has 0 radical (unpaired) electrons. The molecule has 2 atom stereocenters. The van der Waals surface area contributed by atoms with Crippen molar-refractivity contribution in [1.29, 1.82) is 0 Å². The lowest BCUT2D eigenvalue weighted by atomic mass is 10.0. The topological polar surface area (TPSA) is 99.1 Å². The monoisotopic (exact) mass is 737 g/mol. The van der Waals surface area contributed by atoms with Crippen LogP contribution in [0.2, 0.25) is 0 Å². The molecule has 0 aliphatic heterocycles. The Labute approximate surface area is 320 Å². The average Bonchev–Trinajstić information content (AvgIpc) is 3.09. The summed E-state index contributed by atoms with van der Waals surface area (Å²) in [5, 5.41) is 9.60. The molecule has 0 aliphatic rings. The van der Waals surface area contributed by atoms with Gasteiger partial charge in [0.25, 0.3) is 0 Å². The van der Waals surface area contributed by atoms with Crippen LogP contribution in [0.15, 0.2) is 24.3 Å². The largest absolute Gasteiger partial charge is 0.477 e. The summed E-state index contributed by atoms with van der Waals surface area (Å²) >= 11 is 0. The van der Waals surface area contributed by atoms with Crippen molar-refractivity contribution in [3.8, 4) is 0 Å². The highest BCUT2D eigenvalue weighted by Gasteiger charge is 2.31. The van der Waals surface area contributed by atoms with Crippen molar-refractivity contribution >= 4 is 17.9 Å². The lowest BCUT2D eigenvalue weighted by molar-refractivity contribution is -0.887. The zero-order valence-corrected chi connectivity index (χ0v) is 34.5. The van der Waals surface area contributed by atoms with Crippen LogP contribution in [0.1, 0.15) is 187 Å².